The molecule has 0 saturated carbocycles. The molecule has 1 aliphatic heterocycles. The lowest BCUT2D eigenvalue weighted by Crippen LogP contribution is -2.51. The summed E-state index contributed by atoms with van der Waals surface area (Å²) in [5.41, 5.74) is 0. The van der Waals surface area contributed by atoms with Crippen molar-refractivity contribution in [3.63, 3.8) is 0 Å². The third kappa shape index (κ3) is 2.45. The first kappa shape index (κ1) is 8.45. The summed E-state index contributed by atoms with van der Waals surface area (Å²) in [5.74, 6) is 0. The van der Waals surface area contributed by atoms with Crippen molar-refractivity contribution in [1.29, 1.82) is 0 Å². The molecule has 0 radical (unpaired) electrons. The Bertz CT molecular complexity index is 130. The Balaban J connectivity index is 2.27. The van der Waals surface area contributed by atoms with Crippen LogP contribution >= 0.6 is 0 Å². The van der Waals surface area contributed by atoms with Crippen molar-refractivity contribution in [1.82, 2.24) is 5.32 Å². The van der Waals surface area contributed by atoms with E-state index in [1.165, 1.54) is 0 Å². The second-order valence-corrected chi connectivity index (χ2v) is 2.30. The maximum Gasteiger partial charge on any atom is 0.294 e. The van der Waals surface area contributed by atoms with Crippen molar-refractivity contribution in [3.05, 3.63) is 0 Å². The number of aliphatic hydroxyl groups is 1. The molecule has 0 bridgehead atoms. The lowest BCUT2D eigenvalue weighted by Gasteiger charge is -2.28. The van der Waals surface area contributed by atoms with Crippen LogP contribution in [0.15, 0.2) is 0 Å². The van der Waals surface area contributed by atoms with E-state index in [4.69, 9.17) is 9.84 Å². The molecule has 2 N–H and O–H groups in total. The molecule has 0 aliphatic carbocycles. The lowest BCUT2D eigenvalue weighted by atomic mass is 10.3. The summed E-state index contributed by atoms with van der Waals surface area (Å²) in [5, 5.41) is 11.6. The quantitative estimate of drug-likeness (QED) is 0.491. The molecular formula is C6H11NO4. The van der Waals surface area contributed by atoms with Gasteiger partial charge in [0.05, 0.1) is 25.9 Å². The van der Waals surface area contributed by atoms with Gasteiger partial charge >= 0.3 is 0 Å². The molecule has 1 fully saturated rings. The number of aliphatic hydroxyl groups excluding tert-OH is 1. The lowest BCUT2D eigenvalue weighted by molar-refractivity contribution is -0.144. The maximum atomic E-state index is 9.89. The Morgan fingerprint density at radius 1 is 1.73 bits per heavy atom. The normalized spacial score (nSPS) is 31.4. The Hall–Kier alpha value is -0.650. The standard InChI is InChI=1S/C6H11NO4/c8-1-5-2-10-3-6(7-5)11-4-9/h4-8H,1-3H2. The van der Waals surface area contributed by atoms with Gasteiger partial charge in [0.1, 0.15) is 0 Å². The van der Waals surface area contributed by atoms with Crippen LogP contribution in [0.25, 0.3) is 0 Å². The number of morpholine rings is 1. The van der Waals surface area contributed by atoms with E-state index in [0.717, 1.165) is 0 Å². The molecule has 0 amide bonds. The zero-order valence-electron chi connectivity index (χ0n) is 6.03. The summed E-state index contributed by atoms with van der Waals surface area (Å²) in [4.78, 5) is 9.89. The third-order valence-electron chi connectivity index (χ3n) is 1.45. The van der Waals surface area contributed by atoms with Crippen LogP contribution in [0, 0.1) is 0 Å². The summed E-state index contributed by atoms with van der Waals surface area (Å²) in [6.45, 7) is 1.14. The van der Waals surface area contributed by atoms with Gasteiger partial charge in [0, 0.05) is 0 Å². The van der Waals surface area contributed by atoms with Gasteiger partial charge in [-0.05, 0) is 0 Å². The molecule has 0 spiro atoms. The molecule has 5 heteroatoms. The highest BCUT2D eigenvalue weighted by molar-refractivity contribution is 5.37. The maximum absolute atomic E-state index is 9.89. The van der Waals surface area contributed by atoms with Gasteiger partial charge in [-0.3, -0.25) is 10.1 Å². The molecule has 1 saturated heterocycles. The van der Waals surface area contributed by atoms with Gasteiger partial charge in [0.2, 0.25) is 0 Å². The number of nitrogens with one attached hydrogen (secondary N) is 1. The van der Waals surface area contributed by atoms with Gasteiger partial charge in [-0.25, -0.2) is 0 Å². The Morgan fingerprint density at radius 2 is 2.55 bits per heavy atom. The minimum Gasteiger partial charge on any atom is -0.446 e. The van der Waals surface area contributed by atoms with Crippen LogP contribution in [0.1, 0.15) is 0 Å². The number of carbonyl (C=O) groups excluding carboxylic acids is 1. The van der Waals surface area contributed by atoms with Gasteiger partial charge in [-0.1, -0.05) is 0 Å². The molecule has 1 rings (SSSR count). The van der Waals surface area contributed by atoms with Gasteiger partial charge in [0.15, 0.2) is 6.23 Å². The van der Waals surface area contributed by atoms with E-state index in [9.17, 15) is 4.79 Å². The van der Waals surface area contributed by atoms with Crippen LogP contribution < -0.4 is 5.32 Å². The molecule has 0 aromatic carbocycles. The Morgan fingerprint density at radius 3 is 3.18 bits per heavy atom. The fraction of sp³-hybridized carbons (Fsp3) is 0.833. The van der Waals surface area contributed by atoms with E-state index in [1.54, 1.807) is 0 Å². The van der Waals surface area contributed by atoms with E-state index in [2.05, 4.69) is 10.1 Å². The Kier molecular flexibility index (Phi) is 3.28. The van der Waals surface area contributed by atoms with Crippen LogP contribution in [0.5, 0.6) is 0 Å². The van der Waals surface area contributed by atoms with Crippen molar-refractivity contribution < 1.29 is 19.4 Å². The Labute approximate surface area is 64.3 Å². The molecule has 0 aromatic rings. The fourth-order valence-electron chi connectivity index (χ4n) is 0.927. The van der Waals surface area contributed by atoms with Crippen LogP contribution in [0.2, 0.25) is 0 Å². The molecule has 64 valence electrons. The van der Waals surface area contributed by atoms with Crippen molar-refractivity contribution in [2.24, 2.45) is 0 Å². The van der Waals surface area contributed by atoms with Crippen molar-refractivity contribution in [2.75, 3.05) is 19.8 Å². The summed E-state index contributed by atoms with van der Waals surface area (Å²) >= 11 is 0. The van der Waals surface area contributed by atoms with E-state index in [1.807, 2.05) is 0 Å². The molecule has 11 heavy (non-hydrogen) atoms. The van der Waals surface area contributed by atoms with E-state index in [0.29, 0.717) is 19.7 Å². The molecule has 5 nitrogen and oxygen atoms in total. The second kappa shape index (κ2) is 4.27. The summed E-state index contributed by atoms with van der Waals surface area (Å²) < 4.78 is 9.62. The van der Waals surface area contributed by atoms with Crippen LogP contribution in [0.4, 0.5) is 0 Å². The van der Waals surface area contributed by atoms with Crippen LogP contribution in [0.3, 0.4) is 0 Å². The predicted octanol–water partition coefficient (Wildman–Crippen LogP) is -1.53. The molecule has 1 aliphatic rings. The molecule has 0 aromatic heterocycles. The molecular weight excluding hydrogens is 150 g/mol. The molecule has 1 heterocycles. The zero-order valence-corrected chi connectivity index (χ0v) is 6.03. The monoisotopic (exact) mass is 161 g/mol. The fourth-order valence-corrected chi connectivity index (χ4v) is 0.927. The third-order valence-corrected chi connectivity index (χ3v) is 1.45. The smallest absolute Gasteiger partial charge is 0.294 e. The summed E-state index contributed by atoms with van der Waals surface area (Å²) in [7, 11) is 0. The van der Waals surface area contributed by atoms with Crippen LogP contribution in [-0.4, -0.2) is 43.7 Å². The number of hydrogen-bond donors (Lipinski definition) is 2. The first-order valence-electron chi connectivity index (χ1n) is 3.40. The SMILES string of the molecule is O=COC1COCC(CO)N1. The first-order chi connectivity index (χ1) is 5.36. The topological polar surface area (TPSA) is 67.8 Å². The summed E-state index contributed by atoms with van der Waals surface area (Å²) in [6.07, 6.45) is -0.418. The van der Waals surface area contributed by atoms with E-state index in [-0.39, 0.29) is 12.6 Å². The average molecular weight is 161 g/mol. The highest BCUT2D eigenvalue weighted by atomic mass is 16.6. The van der Waals surface area contributed by atoms with Gasteiger partial charge in [-0.15, -0.1) is 0 Å². The predicted molar refractivity (Wildman–Crippen MR) is 35.8 cm³/mol. The number of carbonyl (C=O) groups is 1. The number of rotatable bonds is 3. The van der Waals surface area contributed by atoms with E-state index < -0.39 is 6.23 Å². The minimum atomic E-state index is -0.418. The van der Waals surface area contributed by atoms with Crippen molar-refractivity contribution in [3.8, 4) is 0 Å². The number of hydrogen-bond acceptors (Lipinski definition) is 5. The minimum absolute atomic E-state index is 0.0152. The van der Waals surface area contributed by atoms with Gasteiger partial charge in [0.25, 0.3) is 6.47 Å². The first-order valence-corrected chi connectivity index (χ1v) is 3.40. The highest BCUT2D eigenvalue weighted by Crippen LogP contribution is 1.98. The largest absolute Gasteiger partial charge is 0.446 e. The zero-order chi connectivity index (χ0) is 8.10. The van der Waals surface area contributed by atoms with Crippen LogP contribution in [-0.2, 0) is 14.3 Å². The molecule has 2 atom stereocenters. The second-order valence-electron chi connectivity index (χ2n) is 2.30. The summed E-state index contributed by atoms with van der Waals surface area (Å²) in [6, 6.07) is -0.131. The highest BCUT2D eigenvalue weighted by Gasteiger charge is 2.21. The number of ether oxygens (including phenoxy) is 2. The van der Waals surface area contributed by atoms with E-state index >= 15 is 0 Å². The van der Waals surface area contributed by atoms with Gasteiger partial charge < -0.3 is 14.6 Å². The van der Waals surface area contributed by atoms with Crippen molar-refractivity contribution >= 4 is 6.47 Å². The molecule has 2 unspecified atom stereocenters. The van der Waals surface area contributed by atoms with Crippen molar-refractivity contribution in [2.45, 2.75) is 12.3 Å². The average Bonchev–Trinajstić information content (AvgIpc) is 2.06. The van der Waals surface area contributed by atoms with Gasteiger partial charge in [-0.2, -0.15) is 0 Å².